The fourth-order valence-corrected chi connectivity index (χ4v) is 2.39. The maximum absolute atomic E-state index is 12.1. The highest BCUT2D eigenvalue weighted by Crippen LogP contribution is 2.32. The van der Waals surface area contributed by atoms with E-state index in [9.17, 15) is 9.90 Å². The molecule has 3 nitrogen and oxygen atoms in total. The molecule has 0 saturated heterocycles. The molecule has 0 aliphatic heterocycles. The van der Waals surface area contributed by atoms with Crippen LogP contribution in [0.15, 0.2) is 64.9 Å². The fourth-order valence-electron chi connectivity index (χ4n) is 2.39. The lowest BCUT2D eigenvalue weighted by molar-refractivity contribution is 0.164. The van der Waals surface area contributed by atoms with Gasteiger partial charge in [-0.05, 0) is 30.4 Å². The Morgan fingerprint density at radius 1 is 1.33 bits per heavy atom. The van der Waals surface area contributed by atoms with Gasteiger partial charge in [0.15, 0.2) is 0 Å². The second kappa shape index (κ2) is 6.37. The van der Waals surface area contributed by atoms with E-state index in [0.29, 0.717) is 11.8 Å². The van der Waals surface area contributed by atoms with Crippen molar-refractivity contribution in [2.24, 2.45) is 0 Å². The minimum absolute atomic E-state index is 0.272. The molecule has 1 atom stereocenters. The number of hydrogen-bond donors (Lipinski definition) is 1. The number of hydrogen-bond acceptors (Lipinski definition) is 3. The standard InChI is InChI=1S/C18H18O3/c1-4-8-13(9-5-2)16-14-10-6-7-11-15(14)18(20)21-17(16)12(3)19/h4-8,10-12,19H,1-2,9H2,3H3/b13-8+. The molecule has 0 bridgehead atoms. The van der Waals surface area contributed by atoms with Crippen LogP contribution in [0.3, 0.4) is 0 Å². The molecule has 21 heavy (non-hydrogen) atoms. The van der Waals surface area contributed by atoms with Crippen LogP contribution >= 0.6 is 0 Å². The summed E-state index contributed by atoms with van der Waals surface area (Å²) >= 11 is 0. The van der Waals surface area contributed by atoms with Crippen LogP contribution in [-0.2, 0) is 0 Å². The lowest BCUT2D eigenvalue weighted by atomic mass is 9.94. The van der Waals surface area contributed by atoms with Gasteiger partial charge in [-0.25, -0.2) is 4.79 Å². The summed E-state index contributed by atoms with van der Waals surface area (Å²) in [6, 6.07) is 7.22. The molecule has 1 aromatic heterocycles. The van der Waals surface area contributed by atoms with E-state index in [1.54, 1.807) is 31.2 Å². The summed E-state index contributed by atoms with van der Waals surface area (Å²) in [6.07, 6.45) is 4.99. The van der Waals surface area contributed by atoms with Crippen molar-refractivity contribution in [1.29, 1.82) is 0 Å². The average molecular weight is 282 g/mol. The number of rotatable bonds is 5. The summed E-state index contributed by atoms with van der Waals surface area (Å²) in [7, 11) is 0. The van der Waals surface area contributed by atoms with E-state index in [-0.39, 0.29) is 5.76 Å². The van der Waals surface area contributed by atoms with Gasteiger partial charge < -0.3 is 9.52 Å². The fraction of sp³-hybridized carbons (Fsp3) is 0.167. The smallest absolute Gasteiger partial charge is 0.343 e. The zero-order valence-electron chi connectivity index (χ0n) is 12.0. The summed E-state index contributed by atoms with van der Waals surface area (Å²) in [5, 5.41) is 11.2. The number of aliphatic hydroxyl groups is 1. The predicted octanol–water partition coefficient (Wildman–Crippen LogP) is 3.99. The lowest BCUT2D eigenvalue weighted by Gasteiger charge is -2.15. The lowest BCUT2D eigenvalue weighted by Crippen LogP contribution is -2.09. The maximum Gasteiger partial charge on any atom is 0.343 e. The monoisotopic (exact) mass is 282 g/mol. The van der Waals surface area contributed by atoms with Crippen molar-refractivity contribution >= 4 is 16.3 Å². The minimum Gasteiger partial charge on any atom is -0.424 e. The van der Waals surface area contributed by atoms with Crippen LogP contribution in [-0.4, -0.2) is 5.11 Å². The molecular weight excluding hydrogens is 264 g/mol. The van der Waals surface area contributed by atoms with E-state index in [4.69, 9.17) is 4.42 Å². The van der Waals surface area contributed by atoms with Crippen molar-refractivity contribution < 1.29 is 9.52 Å². The van der Waals surface area contributed by atoms with Crippen LogP contribution in [0.4, 0.5) is 0 Å². The van der Waals surface area contributed by atoms with Crippen molar-refractivity contribution in [2.75, 3.05) is 0 Å². The minimum atomic E-state index is -0.879. The Labute approximate surface area is 123 Å². The van der Waals surface area contributed by atoms with E-state index in [0.717, 1.165) is 16.5 Å². The van der Waals surface area contributed by atoms with Crippen molar-refractivity contribution in [1.82, 2.24) is 0 Å². The number of allylic oxidation sites excluding steroid dienone is 4. The molecule has 0 fully saturated rings. The Morgan fingerprint density at radius 2 is 2.00 bits per heavy atom. The largest absolute Gasteiger partial charge is 0.424 e. The maximum atomic E-state index is 12.1. The third-order valence-electron chi connectivity index (χ3n) is 3.25. The van der Waals surface area contributed by atoms with Crippen molar-refractivity contribution in [2.45, 2.75) is 19.4 Å². The summed E-state index contributed by atoms with van der Waals surface area (Å²) in [5.74, 6) is 0.272. The van der Waals surface area contributed by atoms with Crippen LogP contribution in [0.1, 0.15) is 30.8 Å². The molecule has 1 unspecified atom stereocenters. The van der Waals surface area contributed by atoms with Crippen LogP contribution in [0.2, 0.25) is 0 Å². The van der Waals surface area contributed by atoms with Crippen LogP contribution in [0.25, 0.3) is 16.3 Å². The highest BCUT2D eigenvalue weighted by atomic mass is 16.4. The van der Waals surface area contributed by atoms with Gasteiger partial charge in [0.1, 0.15) is 11.9 Å². The second-order valence-electron chi connectivity index (χ2n) is 4.77. The molecule has 2 aromatic rings. The van der Waals surface area contributed by atoms with Gasteiger partial charge in [-0.15, -0.1) is 6.58 Å². The van der Waals surface area contributed by atoms with Crippen LogP contribution in [0, 0.1) is 0 Å². The molecular formula is C18H18O3. The van der Waals surface area contributed by atoms with Gasteiger partial charge in [0.2, 0.25) is 0 Å². The van der Waals surface area contributed by atoms with E-state index >= 15 is 0 Å². The number of aliphatic hydroxyl groups excluding tert-OH is 1. The third kappa shape index (κ3) is 2.88. The van der Waals surface area contributed by atoms with Gasteiger partial charge >= 0.3 is 5.63 Å². The van der Waals surface area contributed by atoms with E-state index in [2.05, 4.69) is 13.2 Å². The summed E-state index contributed by atoms with van der Waals surface area (Å²) < 4.78 is 5.34. The van der Waals surface area contributed by atoms with Gasteiger partial charge in [-0.2, -0.15) is 0 Å². The molecule has 0 spiro atoms. The summed E-state index contributed by atoms with van der Waals surface area (Å²) in [5.41, 5.74) is 1.19. The molecule has 1 N–H and O–H groups in total. The highest BCUT2D eigenvalue weighted by molar-refractivity contribution is 5.94. The van der Waals surface area contributed by atoms with Crippen LogP contribution in [0.5, 0.6) is 0 Å². The Balaban J connectivity index is 2.92. The number of benzene rings is 1. The molecule has 0 aliphatic carbocycles. The Bertz CT molecular complexity index is 764. The highest BCUT2D eigenvalue weighted by Gasteiger charge is 2.19. The normalized spacial score (nSPS) is 13.1. The van der Waals surface area contributed by atoms with E-state index in [1.165, 1.54) is 0 Å². The molecule has 0 amide bonds. The number of fused-ring (bicyclic) bond motifs is 1. The molecule has 3 heteroatoms. The zero-order valence-corrected chi connectivity index (χ0v) is 12.0. The Morgan fingerprint density at radius 3 is 2.57 bits per heavy atom. The molecule has 108 valence electrons. The molecule has 0 saturated carbocycles. The van der Waals surface area contributed by atoms with Gasteiger partial charge in [0.05, 0.1) is 5.39 Å². The first kappa shape index (κ1) is 15.0. The van der Waals surface area contributed by atoms with E-state index < -0.39 is 11.7 Å². The molecule has 0 aliphatic rings. The van der Waals surface area contributed by atoms with Gasteiger partial charge in [-0.3, -0.25) is 0 Å². The predicted molar refractivity (Wildman–Crippen MR) is 86.1 cm³/mol. The molecule has 0 radical (unpaired) electrons. The Hall–Kier alpha value is -2.39. The first-order chi connectivity index (χ1) is 10.1. The molecule has 1 heterocycles. The molecule has 2 rings (SSSR count). The van der Waals surface area contributed by atoms with Crippen molar-refractivity contribution in [3.63, 3.8) is 0 Å². The third-order valence-corrected chi connectivity index (χ3v) is 3.25. The summed E-state index contributed by atoms with van der Waals surface area (Å²) in [6.45, 7) is 9.04. The quantitative estimate of drug-likeness (QED) is 0.666. The van der Waals surface area contributed by atoms with Crippen molar-refractivity contribution in [3.8, 4) is 0 Å². The summed E-state index contributed by atoms with van der Waals surface area (Å²) in [4.78, 5) is 12.1. The van der Waals surface area contributed by atoms with E-state index in [1.807, 2.05) is 18.2 Å². The first-order valence-corrected chi connectivity index (χ1v) is 6.76. The van der Waals surface area contributed by atoms with Gasteiger partial charge in [0.25, 0.3) is 0 Å². The second-order valence-corrected chi connectivity index (χ2v) is 4.77. The SMILES string of the molecule is C=C/C=C(\CC=C)c1c(C(C)O)oc(=O)c2ccccc12. The Kier molecular flexibility index (Phi) is 4.55. The average Bonchev–Trinajstić information content (AvgIpc) is 2.47. The topological polar surface area (TPSA) is 50.4 Å². The first-order valence-electron chi connectivity index (χ1n) is 6.76. The van der Waals surface area contributed by atoms with Gasteiger partial charge in [-0.1, -0.05) is 43.0 Å². The zero-order chi connectivity index (χ0) is 15.4. The van der Waals surface area contributed by atoms with Gasteiger partial charge in [0, 0.05) is 5.56 Å². The van der Waals surface area contributed by atoms with Crippen LogP contribution < -0.4 is 5.63 Å². The molecule has 1 aromatic carbocycles. The van der Waals surface area contributed by atoms with Crippen molar-refractivity contribution in [3.05, 3.63) is 77.4 Å².